The maximum Gasteiger partial charge on any atom is 0.306 e. The van der Waals surface area contributed by atoms with Gasteiger partial charge in [-0.1, -0.05) is 0 Å². The van der Waals surface area contributed by atoms with Crippen molar-refractivity contribution in [3.63, 3.8) is 0 Å². The molecule has 2 unspecified atom stereocenters. The van der Waals surface area contributed by atoms with Gasteiger partial charge < -0.3 is 10.2 Å². The molecule has 2 N–H and O–H groups in total. The van der Waals surface area contributed by atoms with Crippen LogP contribution >= 0.6 is 0 Å². The minimum absolute atomic E-state index is 0.0611. The fraction of sp³-hybridized carbons (Fsp3) is 0.889. The van der Waals surface area contributed by atoms with E-state index in [4.69, 9.17) is 5.11 Å². The van der Waals surface area contributed by atoms with Gasteiger partial charge in [-0.2, -0.15) is 0 Å². The van der Waals surface area contributed by atoms with Crippen molar-refractivity contribution in [3.8, 4) is 0 Å². The molecule has 2 rings (SSSR count). The smallest absolute Gasteiger partial charge is 0.306 e. The van der Waals surface area contributed by atoms with Gasteiger partial charge in [0.25, 0.3) is 0 Å². The first-order valence-corrected chi connectivity index (χ1v) is 6.82. The highest BCUT2D eigenvalue weighted by molar-refractivity contribution is 7.91. The lowest BCUT2D eigenvalue weighted by molar-refractivity contribution is -0.145. The molecule has 0 amide bonds. The molecule has 1 aliphatic carbocycles. The number of aliphatic carboxylic acids is 1. The molecule has 1 saturated heterocycles. The molecule has 0 aromatic rings. The minimum atomic E-state index is -3.08. The quantitative estimate of drug-likeness (QED) is 0.638. The molecular formula is C9H14O5S. The summed E-state index contributed by atoms with van der Waals surface area (Å²) in [5.41, 5.74) is 0. The first kappa shape index (κ1) is 10.9. The van der Waals surface area contributed by atoms with Gasteiger partial charge in [0.1, 0.15) is 0 Å². The largest absolute Gasteiger partial charge is 0.481 e. The normalized spacial score (nSPS) is 43.5. The molecule has 5 nitrogen and oxygen atoms in total. The molecule has 0 aromatic heterocycles. The lowest BCUT2D eigenvalue weighted by Crippen LogP contribution is -2.49. The van der Waals surface area contributed by atoms with Gasteiger partial charge in [0, 0.05) is 0 Å². The molecule has 6 heteroatoms. The van der Waals surface area contributed by atoms with E-state index >= 15 is 0 Å². The topological polar surface area (TPSA) is 91.7 Å². The Bertz CT molecular complexity index is 352. The van der Waals surface area contributed by atoms with Gasteiger partial charge >= 0.3 is 5.97 Å². The van der Waals surface area contributed by atoms with Crippen molar-refractivity contribution in [1.29, 1.82) is 0 Å². The van der Waals surface area contributed by atoms with Crippen LogP contribution in [0.25, 0.3) is 0 Å². The Hall–Kier alpha value is -0.620. The molecule has 1 aliphatic heterocycles. The Morgan fingerprint density at radius 3 is 2.00 bits per heavy atom. The van der Waals surface area contributed by atoms with E-state index in [-0.39, 0.29) is 36.2 Å². The first-order valence-electron chi connectivity index (χ1n) is 5.00. The van der Waals surface area contributed by atoms with E-state index in [0.717, 1.165) is 0 Å². The van der Waals surface area contributed by atoms with Crippen LogP contribution in [0.3, 0.4) is 0 Å². The molecule has 15 heavy (non-hydrogen) atoms. The third kappa shape index (κ3) is 2.01. The van der Waals surface area contributed by atoms with Gasteiger partial charge in [-0.05, 0) is 24.7 Å². The summed E-state index contributed by atoms with van der Waals surface area (Å²) in [6.45, 7) is 0. The Morgan fingerprint density at radius 2 is 1.60 bits per heavy atom. The Balaban J connectivity index is 2.21. The van der Waals surface area contributed by atoms with E-state index in [2.05, 4.69) is 0 Å². The van der Waals surface area contributed by atoms with E-state index < -0.39 is 27.8 Å². The van der Waals surface area contributed by atoms with Gasteiger partial charge in [-0.15, -0.1) is 0 Å². The van der Waals surface area contributed by atoms with Gasteiger partial charge in [0.2, 0.25) is 0 Å². The molecule has 0 radical (unpaired) electrons. The highest BCUT2D eigenvalue weighted by atomic mass is 32.2. The highest BCUT2D eigenvalue weighted by Gasteiger charge is 2.46. The number of carboxylic acid groups (broad SMARTS) is 1. The van der Waals surface area contributed by atoms with Gasteiger partial charge in [0.05, 0.1) is 23.5 Å². The average molecular weight is 234 g/mol. The highest BCUT2D eigenvalue weighted by Crippen LogP contribution is 2.39. The summed E-state index contributed by atoms with van der Waals surface area (Å²) >= 11 is 0. The zero-order chi connectivity index (χ0) is 11.2. The molecule has 1 saturated carbocycles. The second kappa shape index (κ2) is 3.45. The molecule has 0 spiro atoms. The lowest BCUT2D eigenvalue weighted by Gasteiger charge is -2.41. The molecule has 1 heterocycles. The first-order chi connectivity index (χ1) is 6.89. The standard InChI is InChI=1S/C9H14O5S/c10-8-6-1-5(9(11)12)2-7(8)4-15(13,14)3-6/h5-8,10H,1-4H2,(H,11,12). The molecule has 0 aromatic carbocycles. The van der Waals surface area contributed by atoms with Crippen LogP contribution in [0, 0.1) is 17.8 Å². The maximum atomic E-state index is 11.4. The van der Waals surface area contributed by atoms with Crippen LogP contribution in [-0.2, 0) is 14.6 Å². The van der Waals surface area contributed by atoms with Crippen molar-refractivity contribution in [3.05, 3.63) is 0 Å². The van der Waals surface area contributed by atoms with Gasteiger partial charge in [0.15, 0.2) is 9.84 Å². The maximum absolute atomic E-state index is 11.4. The van der Waals surface area contributed by atoms with Crippen molar-refractivity contribution in [2.45, 2.75) is 18.9 Å². The zero-order valence-corrected chi connectivity index (χ0v) is 8.98. The van der Waals surface area contributed by atoms with E-state index in [1.807, 2.05) is 0 Å². The Kier molecular flexibility index (Phi) is 2.50. The van der Waals surface area contributed by atoms with Crippen molar-refractivity contribution < 1.29 is 23.4 Å². The molecule has 2 bridgehead atoms. The van der Waals surface area contributed by atoms with E-state index in [1.54, 1.807) is 0 Å². The lowest BCUT2D eigenvalue weighted by atomic mass is 9.74. The van der Waals surface area contributed by atoms with Crippen LogP contribution in [0.5, 0.6) is 0 Å². The van der Waals surface area contributed by atoms with Crippen LogP contribution < -0.4 is 0 Å². The van der Waals surface area contributed by atoms with Crippen LogP contribution in [0.4, 0.5) is 0 Å². The van der Waals surface area contributed by atoms with Gasteiger partial charge in [-0.3, -0.25) is 4.79 Å². The summed E-state index contributed by atoms with van der Waals surface area (Å²) < 4.78 is 22.9. The monoisotopic (exact) mass is 234 g/mol. The predicted molar refractivity (Wildman–Crippen MR) is 52.0 cm³/mol. The zero-order valence-electron chi connectivity index (χ0n) is 8.17. The van der Waals surface area contributed by atoms with Crippen LogP contribution in [0.15, 0.2) is 0 Å². The van der Waals surface area contributed by atoms with E-state index in [9.17, 15) is 18.3 Å². The summed E-state index contributed by atoms with van der Waals surface area (Å²) in [5.74, 6) is -2.26. The molecule has 2 atom stereocenters. The number of carboxylic acids is 1. The SMILES string of the molecule is O=C(O)C1CC2CS(=O)(=O)CC(C1)C2O. The van der Waals surface area contributed by atoms with E-state index in [0.29, 0.717) is 0 Å². The van der Waals surface area contributed by atoms with E-state index in [1.165, 1.54) is 0 Å². The second-order valence-corrected chi connectivity index (χ2v) is 6.75. The number of sulfone groups is 1. The molecule has 2 aliphatic rings. The fourth-order valence-electron chi connectivity index (χ4n) is 2.75. The van der Waals surface area contributed by atoms with Gasteiger partial charge in [-0.25, -0.2) is 8.42 Å². The van der Waals surface area contributed by atoms with Crippen molar-refractivity contribution in [2.24, 2.45) is 17.8 Å². The predicted octanol–water partition coefficient (Wildman–Crippen LogP) is -0.497. The Morgan fingerprint density at radius 1 is 1.13 bits per heavy atom. The number of aliphatic hydroxyl groups is 1. The molecule has 2 fully saturated rings. The number of rotatable bonds is 1. The number of carbonyl (C=O) groups is 1. The van der Waals surface area contributed by atoms with Crippen molar-refractivity contribution >= 4 is 15.8 Å². The summed E-state index contributed by atoms with van der Waals surface area (Å²) in [7, 11) is -3.08. The van der Waals surface area contributed by atoms with Crippen LogP contribution in [0.1, 0.15) is 12.8 Å². The van der Waals surface area contributed by atoms with Crippen molar-refractivity contribution in [1.82, 2.24) is 0 Å². The number of aliphatic hydroxyl groups excluding tert-OH is 1. The second-order valence-electron chi connectivity index (χ2n) is 4.59. The summed E-state index contributed by atoms with van der Waals surface area (Å²) in [6, 6.07) is 0. The summed E-state index contributed by atoms with van der Waals surface area (Å²) in [6.07, 6.45) is -0.0672. The summed E-state index contributed by atoms with van der Waals surface area (Å²) in [4.78, 5) is 10.8. The molecule has 86 valence electrons. The number of hydrogen-bond acceptors (Lipinski definition) is 4. The average Bonchev–Trinajstić information content (AvgIpc) is 2.07. The van der Waals surface area contributed by atoms with Crippen LogP contribution in [0.2, 0.25) is 0 Å². The fourth-order valence-corrected chi connectivity index (χ4v) is 4.85. The Labute approximate surface area is 88.0 Å². The van der Waals surface area contributed by atoms with Crippen LogP contribution in [-0.4, -0.2) is 42.2 Å². The third-order valence-corrected chi connectivity index (χ3v) is 5.30. The third-order valence-electron chi connectivity index (χ3n) is 3.43. The molecular weight excluding hydrogens is 220 g/mol. The number of hydrogen-bond donors (Lipinski definition) is 2. The van der Waals surface area contributed by atoms with Crippen molar-refractivity contribution in [2.75, 3.05) is 11.5 Å². The minimum Gasteiger partial charge on any atom is -0.481 e. The summed E-state index contributed by atoms with van der Waals surface area (Å²) in [5, 5.41) is 18.6. The number of fused-ring (bicyclic) bond motifs is 2.